The Hall–Kier alpha value is -1.49. The molecular weight excluding hydrogens is 499 g/mol. The van der Waals surface area contributed by atoms with E-state index in [9.17, 15) is 0 Å². The van der Waals surface area contributed by atoms with Crippen LogP contribution in [-0.4, -0.2) is 59.5 Å². The summed E-state index contributed by atoms with van der Waals surface area (Å²) >= 11 is 1.85. The second-order valence-corrected chi connectivity index (χ2v) is 7.27. The number of thioether (sulfide) groups is 1. The highest BCUT2D eigenvalue weighted by molar-refractivity contribution is 14.0. The Morgan fingerprint density at radius 2 is 2.03 bits per heavy atom. The van der Waals surface area contributed by atoms with Gasteiger partial charge in [-0.05, 0) is 36.5 Å². The van der Waals surface area contributed by atoms with Crippen LogP contribution in [0.25, 0.3) is 0 Å². The molecular formula is C20H33IN6OS. The zero-order valence-corrected chi connectivity index (χ0v) is 20.7. The summed E-state index contributed by atoms with van der Waals surface area (Å²) in [7, 11) is 1.71. The number of benzene rings is 1. The molecule has 9 heteroatoms. The van der Waals surface area contributed by atoms with Crippen LogP contribution in [-0.2, 0) is 19.4 Å². The highest BCUT2D eigenvalue weighted by Gasteiger charge is 2.04. The molecule has 2 aromatic rings. The number of guanidine groups is 1. The van der Waals surface area contributed by atoms with Gasteiger partial charge in [-0.25, -0.2) is 0 Å². The minimum atomic E-state index is 0. The van der Waals surface area contributed by atoms with Crippen LogP contribution in [0.2, 0.25) is 0 Å². The molecule has 7 nitrogen and oxygen atoms in total. The van der Waals surface area contributed by atoms with Crippen molar-refractivity contribution in [1.82, 2.24) is 25.4 Å². The minimum Gasteiger partial charge on any atom is -0.496 e. The summed E-state index contributed by atoms with van der Waals surface area (Å²) < 4.78 is 7.51. The molecule has 162 valence electrons. The maximum Gasteiger partial charge on any atom is 0.191 e. The first-order valence-electron chi connectivity index (χ1n) is 9.78. The van der Waals surface area contributed by atoms with E-state index in [0.29, 0.717) is 0 Å². The van der Waals surface area contributed by atoms with Crippen LogP contribution in [0.5, 0.6) is 5.75 Å². The molecule has 0 bridgehead atoms. The lowest BCUT2D eigenvalue weighted by Crippen LogP contribution is -2.40. The van der Waals surface area contributed by atoms with Gasteiger partial charge in [0.05, 0.1) is 7.11 Å². The van der Waals surface area contributed by atoms with Crippen molar-refractivity contribution in [3.63, 3.8) is 0 Å². The molecule has 1 aromatic heterocycles. The summed E-state index contributed by atoms with van der Waals surface area (Å²) in [5.41, 5.74) is 1.19. The summed E-state index contributed by atoms with van der Waals surface area (Å²) in [5, 5.41) is 15.0. The van der Waals surface area contributed by atoms with Crippen molar-refractivity contribution in [3.05, 3.63) is 42.0 Å². The third kappa shape index (κ3) is 9.24. The number of ether oxygens (including phenoxy) is 1. The maximum absolute atomic E-state index is 5.43. The first-order valence-corrected chi connectivity index (χ1v) is 11.2. The molecule has 29 heavy (non-hydrogen) atoms. The molecule has 0 amide bonds. The molecule has 0 saturated heterocycles. The zero-order chi connectivity index (χ0) is 20.0. The van der Waals surface area contributed by atoms with E-state index in [1.807, 2.05) is 30.0 Å². The number of aromatic nitrogens is 3. The number of para-hydroxylation sites is 1. The standard InChI is InChI=1S/C20H32N6OS.HI/c1-4-19-25-24-16-26(19)14-13-23-20(21-11-7-15-28-3)22-12-10-17-8-5-6-9-18(17)27-2;/h5-6,8-9,16H,4,7,10-15H2,1-3H3,(H2,21,22,23);1H. The number of aliphatic imine (C=N–C) groups is 1. The third-order valence-corrected chi connectivity index (χ3v) is 5.01. The second-order valence-electron chi connectivity index (χ2n) is 6.29. The largest absolute Gasteiger partial charge is 0.496 e. The van der Waals surface area contributed by atoms with Gasteiger partial charge in [0.15, 0.2) is 5.96 Å². The van der Waals surface area contributed by atoms with E-state index < -0.39 is 0 Å². The van der Waals surface area contributed by atoms with Gasteiger partial charge in [0.25, 0.3) is 0 Å². The SMILES string of the molecule is CCc1nncn1CCNC(=NCCCSC)NCCc1ccccc1OC.I. The highest BCUT2D eigenvalue weighted by atomic mass is 127. The van der Waals surface area contributed by atoms with Crippen LogP contribution >= 0.6 is 35.7 Å². The fourth-order valence-electron chi connectivity index (χ4n) is 2.83. The normalized spacial score (nSPS) is 11.1. The van der Waals surface area contributed by atoms with Gasteiger partial charge in [-0.2, -0.15) is 11.8 Å². The number of nitrogens with one attached hydrogen (secondary N) is 2. The van der Waals surface area contributed by atoms with Crippen LogP contribution in [0.15, 0.2) is 35.6 Å². The van der Waals surface area contributed by atoms with Gasteiger partial charge in [0.1, 0.15) is 17.9 Å². The van der Waals surface area contributed by atoms with Crippen LogP contribution in [0.4, 0.5) is 0 Å². The van der Waals surface area contributed by atoms with Gasteiger partial charge in [-0.15, -0.1) is 34.2 Å². The average molecular weight is 532 g/mol. The first kappa shape index (κ1) is 25.5. The Balaban J connectivity index is 0.00000420. The molecule has 2 rings (SSSR count). The van der Waals surface area contributed by atoms with Crippen LogP contribution in [0, 0.1) is 0 Å². The predicted octanol–water partition coefficient (Wildman–Crippen LogP) is 3.00. The van der Waals surface area contributed by atoms with Crippen molar-refractivity contribution < 1.29 is 4.74 Å². The second kappa shape index (κ2) is 15.4. The number of nitrogens with zero attached hydrogens (tertiary/aromatic N) is 4. The number of hydrogen-bond donors (Lipinski definition) is 2. The summed E-state index contributed by atoms with van der Waals surface area (Å²) in [6.45, 7) is 5.29. The van der Waals surface area contributed by atoms with Crippen molar-refractivity contribution in [2.75, 3.05) is 38.8 Å². The lowest BCUT2D eigenvalue weighted by atomic mass is 10.1. The minimum absolute atomic E-state index is 0. The fourth-order valence-corrected chi connectivity index (χ4v) is 3.25. The Kier molecular flexibility index (Phi) is 13.5. The van der Waals surface area contributed by atoms with Crippen molar-refractivity contribution in [3.8, 4) is 5.75 Å². The monoisotopic (exact) mass is 532 g/mol. The Labute approximate surface area is 195 Å². The lowest BCUT2D eigenvalue weighted by molar-refractivity contribution is 0.409. The molecule has 2 N–H and O–H groups in total. The Morgan fingerprint density at radius 1 is 1.24 bits per heavy atom. The van der Waals surface area contributed by atoms with Gasteiger partial charge >= 0.3 is 0 Å². The Bertz CT molecular complexity index is 725. The maximum atomic E-state index is 5.43. The summed E-state index contributed by atoms with van der Waals surface area (Å²) in [6.07, 6.45) is 6.74. The van der Waals surface area contributed by atoms with Crippen molar-refractivity contribution >= 4 is 41.7 Å². The topological polar surface area (TPSA) is 76.4 Å². The summed E-state index contributed by atoms with van der Waals surface area (Å²) in [4.78, 5) is 4.71. The van der Waals surface area contributed by atoms with Gasteiger partial charge < -0.3 is 19.9 Å². The molecule has 0 aliphatic carbocycles. The number of methoxy groups -OCH3 is 1. The molecule has 0 aliphatic heterocycles. The van der Waals surface area contributed by atoms with Crippen molar-refractivity contribution in [2.24, 2.45) is 4.99 Å². The molecule has 0 fully saturated rings. The molecule has 0 spiro atoms. The highest BCUT2D eigenvalue weighted by Crippen LogP contribution is 2.17. The molecule has 0 unspecified atom stereocenters. The van der Waals surface area contributed by atoms with E-state index in [0.717, 1.165) is 68.7 Å². The van der Waals surface area contributed by atoms with Gasteiger partial charge in [0.2, 0.25) is 0 Å². The van der Waals surface area contributed by atoms with Crippen molar-refractivity contribution in [2.45, 2.75) is 32.7 Å². The smallest absolute Gasteiger partial charge is 0.191 e. The summed E-state index contributed by atoms with van der Waals surface area (Å²) in [5.74, 6) is 3.90. The van der Waals surface area contributed by atoms with E-state index in [1.165, 1.54) is 5.56 Å². The third-order valence-electron chi connectivity index (χ3n) is 4.31. The molecule has 1 aromatic carbocycles. The van der Waals surface area contributed by atoms with E-state index in [1.54, 1.807) is 13.4 Å². The van der Waals surface area contributed by atoms with E-state index in [4.69, 9.17) is 9.73 Å². The molecule has 0 saturated carbocycles. The van der Waals surface area contributed by atoms with Crippen LogP contribution < -0.4 is 15.4 Å². The van der Waals surface area contributed by atoms with Gasteiger partial charge in [-0.3, -0.25) is 4.99 Å². The first-order chi connectivity index (χ1) is 13.8. The lowest BCUT2D eigenvalue weighted by Gasteiger charge is -2.14. The van der Waals surface area contributed by atoms with Crippen LogP contribution in [0.1, 0.15) is 24.7 Å². The molecule has 0 radical (unpaired) electrons. The quantitative estimate of drug-likeness (QED) is 0.190. The molecule has 0 aliphatic rings. The fraction of sp³-hybridized carbons (Fsp3) is 0.550. The van der Waals surface area contributed by atoms with Gasteiger partial charge in [-0.1, -0.05) is 25.1 Å². The molecule has 1 heterocycles. The van der Waals surface area contributed by atoms with Crippen LogP contribution in [0.3, 0.4) is 0 Å². The number of aryl methyl sites for hydroxylation is 1. The average Bonchev–Trinajstić information content (AvgIpc) is 3.18. The number of rotatable bonds is 12. The Morgan fingerprint density at radius 3 is 2.79 bits per heavy atom. The zero-order valence-electron chi connectivity index (χ0n) is 17.6. The van der Waals surface area contributed by atoms with E-state index >= 15 is 0 Å². The van der Waals surface area contributed by atoms with Gasteiger partial charge in [0, 0.05) is 32.6 Å². The summed E-state index contributed by atoms with van der Waals surface area (Å²) in [6, 6.07) is 8.13. The number of hydrogen-bond acceptors (Lipinski definition) is 5. The number of halogens is 1. The molecule has 0 atom stereocenters. The predicted molar refractivity (Wildman–Crippen MR) is 133 cm³/mol. The van der Waals surface area contributed by atoms with E-state index in [-0.39, 0.29) is 24.0 Å². The van der Waals surface area contributed by atoms with Crippen molar-refractivity contribution in [1.29, 1.82) is 0 Å². The van der Waals surface area contributed by atoms with E-state index in [2.05, 4.69) is 44.6 Å².